The van der Waals surface area contributed by atoms with E-state index in [1.54, 1.807) is 5.56 Å². The molecule has 0 saturated carbocycles. The first-order valence-corrected chi connectivity index (χ1v) is 8.85. The predicted octanol–water partition coefficient (Wildman–Crippen LogP) is 5.52. The fourth-order valence-electron chi connectivity index (χ4n) is 2.87. The van der Waals surface area contributed by atoms with E-state index < -0.39 is 0 Å². The molecule has 1 aromatic heterocycles. The Morgan fingerprint density at radius 1 is 1.15 bits per heavy atom. The van der Waals surface area contributed by atoms with Crippen molar-refractivity contribution < 1.29 is 0 Å². The highest BCUT2D eigenvalue weighted by atomic mass is 32.1. The van der Waals surface area contributed by atoms with Crippen LogP contribution in [0.2, 0.25) is 0 Å². The second-order valence-electron chi connectivity index (χ2n) is 5.63. The van der Waals surface area contributed by atoms with Crippen LogP contribution in [-0.2, 0) is 0 Å². The topological polar surface area (TPSA) is 12.0 Å². The van der Waals surface area contributed by atoms with Crippen LogP contribution in [0.25, 0.3) is 10.1 Å². The van der Waals surface area contributed by atoms with Gasteiger partial charge in [-0.05, 0) is 71.8 Å². The molecule has 20 heavy (non-hydrogen) atoms. The molecule has 0 bridgehead atoms. The lowest BCUT2D eigenvalue weighted by Gasteiger charge is -2.22. The van der Waals surface area contributed by atoms with Crippen LogP contribution in [0.3, 0.4) is 0 Å². The number of hydrogen-bond acceptors (Lipinski definition) is 2. The summed E-state index contributed by atoms with van der Waals surface area (Å²) in [7, 11) is 0. The molecule has 1 aliphatic heterocycles. The quantitative estimate of drug-likeness (QED) is 0.767. The van der Waals surface area contributed by atoms with Crippen molar-refractivity contribution in [2.45, 2.75) is 52.4 Å². The summed E-state index contributed by atoms with van der Waals surface area (Å²) in [6.07, 6.45) is 2.58. The molecule has 2 heteroatoms. The predicted molar refractivity (Wildman–Crippen MR) is 92.1 cm³/mol. The number of nitrogens with one attached hydrogen (secondary N) is 1. The summed E-state index contributed by atoms with van der Waals surface area (Å²) in [5, 5.41) is 7.36. The maximum atomic E-state index is 3.46. The van der Waals surface area contributed by atoms with Gasteiger partial charge in [-0.15, -0.1) is 11.3 Å². The summed E-state index contributed by atoms with van der Waals surface area (Å²) in [5.74, 6) is 1.39. The fraction of sp³-hybridized carbons (Fsp3) is 0.556. The van der Waals surface area contributed by atoms with Gasteiger partial charge in [-0.2, -0.15) is 0 Å². The van der Waals surface area contributed by atoms with Gasteiger partial charge in [0.15, 0.2) is 0 Å². The van der Waals surface area contributed by atoms with E-state index in [2.05, 4.69) is 42.7 Å². The molecule has 0 atom stereocenters. The van der Waals surface area contributed by atoms with Crippen molar-refractivity contribution in [2.24, 2.45) is 0 Å². The van der Waals surface area contributed by atoms with Gasteiger partial charge in [-0.3, -0.25) is 0 Å². The third-order valence-electron chi connectivity index (χ3n) is 4.07. The van der Waals surface area contributed by atoms with Crippen molar-refractivity contribution in [1.82, 2.24) is 5.32 Å². The third kappa shape index (κ3) is 3.24. The SMILES string of the molecule is CC.CC(C)c1ccc2scc(C3CCNCC3)c2c1. The normalized spacial score (nSPS) is 16.2. The lowest BCUT2D eigenvalue weighted by atomic mass is 9.89. The largest absolute Gasteiger partial charge is 0.317 e. The van der Waals surface area contributed by atoms with Gasteiger partial charge in [0, 0.05) is 4.70 Å². The maximum absolute atomic E-state index is 3.46. The maximum Gasteiger partial charge on any atom is 0.0345 e. The molecule has 0 aliphatic carbocycles. The average Bonchev–Trinajstić information content (AvgIpc) is 2.93. The Hall–Kier alpha value is -0.860. The highest BCUT2D eigenvalue weighted by Gasteiger charge is 2.18. The van der Waals surface area contributed by atoms with E-state index >= 15 is 0 Å². The number of thiophene rings is 1. The molecular weight excluding hydrogens is 262 g/mol. The summed E-state index contributed by atoms with van der Waals surface area (Å²) in [6.45, 7) is 10.9. The number of rotatable bonds is 2. The molecule has 1 fully saturated rings. The third-order valence-corrected chi connectivity index (χ3v) is 5.05. The van der Waals surface area contributed by atoms with Gasteiger partial charge < -0.3 is 5.32 Å². The van der Waals surface area contributed by atoms with Crippen molar-refractivity contribution >= 4 is 21.4 Å². The molecule has 2 heterocycles. The number of benzene rings is 1. The Bertz CT molecular complexity index is 535. The van der Waals surface area contributed by atoms with Crippen LogP contribution < -0.4 is 5.32 Å². The molecule has 1 aliphatic rings. The first kappa shape index (κ1) is 15.5. The van der Waals surface area contributed by atoms with Crippen molar-refractivity contribution in [2.75, 3.05) is 13.1 Å². The molecule has 2 aromatic rings. The van der Waals surface area contributed by atoms with E-state index in [-0.39, 0.29) is 0 Å². The van der Waals surface area contributed by atoms with E-state index in [9.17, 15) is 0 Å². The molecule has 1 N–H and O–H groups in total. The zero-order valence-corrected chi connectivity index (χ0v) is 14.0. The summed E-state index contributed by atoms with van der Waals surface area (Å²) in [6, 6.07) is 7.02. The summed E-state index contributed by atoms with van der Waals surface area (Å²) >= 11 is 1.91. The Kier molecular flexibility index (Phi) is 5.62. The van der Waals surface area contributed by atoms with E-state index in [4.69, 9.17) is 0 Å². The van der Waals surface area contributed by atoms with Gasteiger partial charge in [0.1, 0.15) is 0 Å². The minimum atomic E-state index is 0.621. The summed E-state index contributed by atoms with van der Waals surface area (Å²) in [4.78, 5) is 0. The minimum absolute atomic E-state index is 0.621. The fourth-order valence-corrected chi connectivity index (χ4v) is 3.90. The molecule has 0 spiro atoms. The highest BCUT2D eigenvalue weighted by molar-refractivity contribution is 7.17. The second-order valence-corrected chi connectivity index (χ2v) is 6.54. The lowest BCUT2D eigenvalue weighted by molar-refractivity contribution is 0.463. The summed E-state index contributed by atoms with van der Waals surface area (Å²) < 4.78 is 1.45. The highest BCUT2D eigenvalue weighted by Crippen LogP contribution is 2.36. The van der Waals surface area contributed by atoms with Crippen LogP contribution in [0.15, 0.2) is 23.6 Å². The summed E-state index contributed by atoms with van der Waals surface area (Å²) in [5.41, 5.74) is 3.06. The minimum Gasteiger partial charge on any atom is -0.317 e. The van der Waals surface area contributed by atoms with Crippen LogP contribution in [-0.4, -0.2) is 13.1 Å². The van der Waals surface area contributed by atoms with Crippen LogP contribution in [0.1, 0.15) is 63.5 Å². The molecule has 1 saturated heterocycles. The molecule has 3 rings (SSSR count). The van der Waals surface area contributed by atoms with Gasteiger partial charge in [-0.1, -0.05) is 33.8 Å². The van der Waals surface area contributed by atoms with Gasteiger partial charge in [-0.25, -0.2) is 0 Å². The lowest BCUT2D eigenvalue weighted by Crippen LogP contribution is -2.26. The number of piperidine rings is 1. The van der Waals surface area contributed by atoms with Gasteiger partial charge >= 0.3 is 0 Å². The molecule has 0 unspecified atom stereocenters. The average molecular weight is 289 g/mol. The molecule has 0 amide bonds. The van der Waals surface area contributed by atoms with E-state index in [1.807, 2.05) is 25.2 Å². The zero-order chi connectivity index (χ0) is 14.5. The Labute approximate surface area is 127 Å². The monoisotopic (exact) mass is 289 g/mol. The van der Waals surface area contributed by atoms with Crippen LogP contribution in [0.5, 0.6) is 0 Å². The number of hydrogen-bond donors (Lipinski definition) is 1. The Balaban J connectivity index is 0.000000704. The molecule has 0 radical (unpaired) electrons. The first-order valence-electron chi connectivity index (χ1n) is 7.97. The molecular formula is C18H27NS. The van der Waals surface area contributed by atoms with Gasteiger partial charge in [0.25, 0.3) is 0 Å². The van der Waals surface area contributed by atoms with Crippen molar-refractivity contribution in [3.63, 3.8) is 0 Å². The van der Waals surface area contributed by atoms with E-state index in [1.165, 1.54) is 41.6 Å². The standard InChI is InChI=1S/C16H21NS.C2H6/c1-11(2)13-3-4-16-14(9-13)15(10-18-16)12-5-7-17-8-6-12;1-2/h3-4,9-12,17H,5-8H2,1-2H3;1-2H3. The molecule has 110 valence electrons. The molecule has 1 aromatic carbocycles. The first-order chi connectivity index (χ1) is 9.75. The van der Waals surface area contributed by atoms with Crippen molar-refractivity contribution in [1.29, 1.82) is 0 Å². The van der Waals surface area contributed by atoms with Crippen LogP contribution in [0.4, 0.5) is 0 Å². The van der Waals surface area contributed by atoms with Crippen molar-refractivity contribution in [3.8, 4) is 0 Å². The van der Waals surface area contributed by atoms with E-state index in [0.717, 1.165) is 5.92 Å². The van der Waals surface area contributed by atoms with Crippen molar-refractivity contribution in [3.05, 3.63) is 34.7 Å². The van der Waals surface area contributed by atoms with Gasteiger partial charge in [0.05, 0.1) is 0 Å². The second kappa shape index (κ2) is 7.24. The Morgan fingerprint density at radius 3 is 2.50 bits per heavy atom. The smallest absolute Gasteiger partial charge is 0.0345 e. The van der Waals surface area contributed by atoms with Crippen LogP contribution in [0, 0.1) is 0 Å². The van der Waals surface area contributed by atoms with Crippen LogP contribution >= 0.6 is 11.3 Å². The zero-order valence-electron chi connectivity index (χ0n) is 13.2. The van der Waals surface area contributed by atoms with E-state index in [0.29, 0.717) is 5.92 Å². The molecule has 1 nitrogen and oxygen atoms in total. The van der Waals surface area contributed by atoms with Gasteiger partial charge in [0.2, 0.25) is 0 Å². The Morgan fingerprint density at radius 2 is 1.85 bits per heavy atom. The number of fused-ring (bicyclic) bond motifs is 1.